The number of aromatic nitrogens is 1. The van der Waals surface area contributed by atoms with Gasteiger partial charge in [-0.25, -0.2) is 0 Å². The number of fused-ring (bicyclic) bond motifs is 5. The lowest BCUT2D eigenvalue weighted by Gasteiger charge is -2.13. The number of pyridine rings is 1. The van der Waals surface area contributed by atoms with Crippen molar-refractivity contribution in [2.75, 3.05) is 14.2 Å². The molecule has 0 radical (unpaired) electrons. The molecule has 0 fully saturated rings. The summed E-state index contributed by atoms with van der Waals surface area (Å²) >= 11 is 0. The molecule has 1 aromatic heterocycles. The van der Waals surface area contributed by atoms with Gasteiger partial charge in [-0.2, -0.15) is 0 Å². The molecule has 0 saturated heterocycles. The molecule has 114 valence electrons. The van der Waals surface area contributed by atoms with Crippen molar-refractivity contribution in [2.45, 2.75) is 6.92 Å². The molecule has 0 unspecified atom stereocenters. The fourth-order valence-corrected chi connectivity index (χ4v) is 3.22. The van der Waals surface area contributed by atoms with Gasteiger partial charge in [0.25, 0.3) is 0 Å². The van der Waals surface area contributed by atoms with E-state index < -0.39 is 0 Å². The van der Waals surface area contributed by atoms with Gasteiger partial charge in [-0.05, 0) is 29.8 Å². The van der Waals surface area contributed by atoms with Crippen LogP contribution in [0.3, 0.4) is 0 Å². The van der Waals surface area contributed by atoms with E-state index in [-0.39, 0.29) is 0 Å². The minimum absolute atomic E-state index is 0.727. The third-order valence-corrected chi connectivity index (χ3v) is 4.38. The predicted molar refractivity (Wildman–Crippen MR) is 94.6 cm³/mol. The fourth-order valence-electron chi connectivity index (χ4n) is 3.22. The number of hydrogen-bond donors (Lipinski definition) is 0. The number of benzene rings is 3. The van der Waals surface area contributed by atoms with Crippen molar-refractivity contribution in [1.82, 2.24) is 4.98 Å². The molecule has 0 aliphatic carbocycles. The Balaban J connectivity index is 2.22. The van der Waals surface area contributed by atoms with Crippen molar-refractivity contribution in [1.29, 1.82) is 0 Å². The molecule has 0 aliphatic heterocycles. The zero-order valence-corrected chi connectivity index (χ0v) is 13.4. The summed E-state index contributed by atoms with van der Waals surface area (Å²) in [4.78, 5) is 4.87. The van der Waals surface area contributed by atoms with Crippen LogP contribution in [0.2, 0.25) is 0 Å². The van der Waals surface area contributed by atoms with Crippen molar-refractivity contribution in [3.8, 4) is 11.5 Å². The van der Waals surface area contributed by atoms with E-state index in [4.69, 9.17) is 14.5 Å². The summed E-state index contributed by atoms with van der Waals surface area (Å²) in [5.74, 6) is 1.46. The molecular weight excluding hydrogens is 286 g/mol. The van der Waals surface area contributed by atoms with Gasteiger partial charge in [0.2, 0.25) is 0 Å². The molecule has 0 N–H and O–H groups in total. The second-order valence-corrected chi connectivity index (χ2v) is 5.63. The van der Waals surface area contributed by atoms with Crippen LogP contribution in [0.15, 0.2) is 48.5 Å². The van der Waals surface area contributed by atoms with Gasteiger partial charge in [0.15, 0.2) is 11.5 Å². The number of ether oxygens (including phenoxy) is 2. The maximum atomic E-state index is 5.48. The van der Waals surface area contributed by atoms with Crippen molar-refractivity contribution in [2.24, 2.45) is 0 Å². The molecule has 3 aromatic carbocycles. The lowest BCUT2D eigenvalue weighted by molar-refractivity contribution is 0.356. The summed E-state index contributed by atoms with van der Waals surface area (Å²) in [5, 5.41) is 5.73. The molecule has 1 heterocycles. The zero-order chi connectivity index (χ0) is 16.0. The van der Waals surface area contributed by atoms with E-state index in [1.165, 1.54) is 10.8 Å². The third-order valence-electron chi connectivity index (χ3n) is 4.38. The Morgan fingerprint density at radius 3 is 2.17 bits per heavy atom. The second-order valence-electron chi connectivity index (χ2n) is 5.63. The molecule has 0 amide bonds. The Kier molecular flexibility index (Phi) is 3.08. The second kappa shape index (κ2) is 5.13. The Morgan fingerprint density at radius 1 is 0.739 bits per heavy atom. The van der Waals surface area contributed by atoms with Crippen LogP contribution >= 0.6 is 0 Å². The van der Waals surface area contributed by atoms with Crippen molar-refractivity contribution in [3.05, 3.63) is 54.2 Å². The first kappa shape index (κ1) is 13.8. The average molecular weight is 303 g/mol. The highest BCUT2D eigenvalue weighted by Crippen LogP contribution is 2.37. The van der Waals surface area contributed by atoms with Gasteiger partial charge in [0.1, 0.15) is 0 Å². The SMILES string of the molecule is COc1cc2c(C)nc3c4ccccc4ccc3c2cc1OC. The van der Waals surface area contributed by atoms with Gasteiger partial charge >= 0.3 is 0 Å². The third kappa shape index (κ3) is 2.00. The molecule has 0 saturated carbocycles. The average Bonchev–Trinajstić information content (AvgIpc) is 2.60. The van der Waals surface area contributed by atoms with Crippen molar-refractivity contribution in [3.63, 3.8) is 0 Å². The van der Waals surface area contributed by atoms with Crippen LogP contribution in [-0.4, -0.2) is 19.2 Å². The van der Waals surface area contributed by atoms with Crippen LogP contribution in [-0.2, 0) is 0 Å². The summed E-state index contributed by atoms with van der Waals surface area (Å²) in [5.41, 5.74) is 2.02. The first-order chi connectivity index (χ1) is 11.2. The van der Waals surface area contributed by atoms with Crippen molar-refractivity contribution >= 4 is 32.4 Å². The molecule has 0 spiro atoms. The maximum Gasteiger partial charge on any atom is 0.161 e. The quantitative estimate of drug-likeness (QED) is 0.495. The number of rotatable bonds is 2. The molecule has 0 atom stereocenters. The summed E-state index contributed by atoms with van der Waals surface area (Å²) in [6.45, 7) is 2.04. The van der Waals surface area contributed by atoms with Crippen molar-refractivity contribution < 1.29 is 9.47 Å². The highest BCUT2D eigenvalue weighted by Gasteiger charge is 2.13. The smallest absolute Gasteiger partial charge is 0.161 e. The highest BCUT2D eigenvalue weighted by atomic mass is 16.5. The largest absolute Gasteiger partial charge is 0.493 e. The lowest BCUT2D eigenvalue weighted by atomic mass is 9.99. The van der Waals surface area contributed by atoms with Crippen LogP contribution < -0.4 is 9.47 Å². The van der Waals surface area contributed by atoms with Crippen LogP contribution in [0.5, 0.6) is 11.5 Å². The standard InChI is InChI=1S/C20H17NO2/c1-12-16-10-18(22-2)19(23-3)11-17(16)15-9-8-13-6-4-5-7-14(13)20(15)21-12/h4-11H,1-3H3. The molecular formula is C20H17NO2. The van der Waals surface area contributed by atoms with Crippen LogP contribution in [0, 0.1) is 6.92 Å². The molecule has 3 nitrogen and oxygen atoms in total. The monoisotopic (exact) mass is 303 g/mol. The normalized spacial score (nSPS) is 11.3. The molecule has 4 rings (SSSR count). The van der Waals surface area contributed by atoms with E-state index in [0.717, 1.165) is 38.9 Å². The minimum atomic E-state index is 0.727. The number of hydrogen-bond acceptors (Lipinski definition) is 3. The topological polar surface area (TPSA) is 31.4 Å². The van der Waals surface area contributed by atoms with Gasteiger partial charge in [0.05, 0.1) is 19.7 Å². The van der Waals surface area contributed by atoms with Crippen LogP contribution in [0.1, 0.15) is 5.69 Å². The van der Waals surface area contributed by atoms with E-state index in [2.05, 4.69) is 36.4 Å². The summed E-state index contributed by atoms with van der Waals surface area (Å²) in [6, 6.07) is 16.7. The van der Waals surface area contributed by atoms with Gasteiger partial charge in [-0.15, -0.1) is 0 Å². The van der Waals surface area contributed by atoms with Gasteiger partial charge in [0, 0.05) is 21.9 Å². The van der Waals surface area contributed by atoms with Gasteiger partial charge in [-0.1, -0.05) is 36.4 Å². The van der Waals surface area contributed by atoms with E-state index in [1.807, 2.05) is 19.1 Å². The molecule has 23 heavy (non-hydrogen) atoms. The maximum absolute atomic E-state index is 5.48. The van der Waals surface area contributed by atoms with Gasteiger partial charge < -0.3 is 9.47 Å². The Labute approximate surface area is 134 Å². The highest BCUT2D eigenvalue weighted by molar-refractivity contribution is 6.16. The first-order valence-corrected chi connectivity index (χ1v) is 7.56. The first-order valence-electron chi connectivity index (χ1n) is 7.56. The Morgan fingerprint density at radius 2 is 1.43 bits per heavy atom. The van der Waals surface area contributed by atoms with Crippen LogP contribution in [0.4, 0.5) is 0 Å². The Hall–Kier alpha value is -2.81. The summed E-state index contributed by atoms with van der Waals surface area (Å²) < 4.78 is 10.9. The fraction of sp³-hybridized carbons (Fsp3) is 0.150. The molecule has 3 heteroatoms. The molecule has 0 aliphatic rings. The summed E-state index contributed by atoms with van der Waals surface area (Å²) in [7, 11) is 3.32. The number of nitrogens with zero attached hydrogens (tertiary/aromatic N) is 1. The number of methoxy groups -OCH3 is 2. The summed E-state index contributed by atoms with van der Waals surface area (Å²) in [6.07, 6.45) is 0. The van der Waals surface area contributed by atoms with E-state index in [0.29, 0.717) is 0 Å². The zero-order valence-electron chi connectivity index (χ0n) is 13.4. The van der Waals surface area contributed by atoms with E-state index >= 15 is 0 Å². The lowest BCUT2D eigenvalue weighted by Crippen LogP contribution is -1.94. The van der Waals surface area contributed by atoms with E-state index in [9.17, 15) is 0 Å². The molecule has 0 bridgehead atoms. The predicted octanol–water partition coefficient (Wildman–Crippen LogP) is 4.87. The number of aryl methyl sites for hydroxylation is 1. The minimum Gasteiger partial charge on any atom is -0.493 e. The van der Waals surface area contributed by atoms with E-state index in [1.54, 1.807) is 14.2 Å². The van der Waals surface area contributed by atoms with Crippen LogP contribution in [0.25, 0.3) is 32.4 Å². The van der Waals surface area contributed by atoms with Gasteiger partial charge in [-0.3, -0.25) is 4.98 Å². The molecule has 4 aromatic rings. The Bertz CT molecular complexity index is 1050.